The van der Waals surface area contributed by atoms with Crippen LogP contribution in [0.5, 0.6) is 0 Å². The van der Waals surface area contributed by atoms with Gasteiger partial charge in [-0.2, -0.15) is 5.10 Å². The number of carbonyl (C=O) groups excluding carboxylic acids is 1. The summed E-state index contributed by atoms with van der Waals surface area (Å²) in [7, 11) is 0. The minimum Gasteiger partial charge on any atom is -0.267 e. The molecule has 1 amide bonds. The number of rotatable bonds is 3. The second-order valence-corrected chi connectivity index (χ2v) is 4.69. The summed E-state index contributed by atoms with van der Waals surface area (Å²) in [5.74, 6) is -0.746. The maximum Gasteiger partial charge on any atom is 0.271 e. The van der Waals surface area contributed by atoms with E-state index in [4.69, 9.17) is 23.2 Å². The Kier molecular flexibility index (Phi) is 4.71. The SMILES string of the molecule is O=C(N/N=C/c1ccc(F)cc1)c1ccc(Cl)c(Cl)c1. The summed E-state index contributed by atoms with van der Waals surface area (Å²) < 4.78 is 12.7. The molecule has 2 aromatic rings. The van der Waals surface area contributed by atoms with Crippen LogP contribution in [0.3, 0.4) is 0 Å². The summed E-state index contributed by atoms with van der Waals surface area (Å²) in [4.78, 5) is 11.8. The molecular formula is C14H9Cl2FN2O. The van der Waals surface area contributed by atoms with Crippen molar-refractivity contribution in [2.24, 2.45) is 5.10 Å². The Balaban J connectivity index is 2.01. The van der Waals surface area contributed by atoms with Gasteiger partial charge in [-0.3, -0.25) is 4.79 Å². The zero-order valence-corrected chi connectivity index (χ0v) is 11.6. The smallest absolute Gasteiger partial charge is 0.267 e. The molecule has 20 heavy (non-hydrogen) atoms. The summed E-state index contributed by atoms with van der Waals surface area (Å²) >= 11 is 11.6. The van der Waals surface area contributed by atoms with E-state index in [0.717, 1.165) is 0 Å². The van der Waals surface area contributed by atoms with Crippen LogP contribution in [0.4, 0.5) is 4.39 Å². The average Bonchev–Trinajstić information content (AvgIpc) is 2.44. The standard InChI is InChI=1S/C14H9Cl2FN2O/c15-12-6-3-10(7-13(12)16)14(20)19-18-8-9-1-4-11(17)5-2-9/h1-8H,(H,19,20)/b18-8+. The van der Waals surface area contributed by atoms with Gasteiger partial charge in [0.05, 0.1) is 16.3 Å². The van der Waals surface area contributed by atoms with Crippen molar-refractivity contribution < 1.29 is 9.18 Å². The Morgan fingerprint density at radius 3 is 2.45 bits per heavy atom. The monoisotopic (exact) mass is 310 g/mol. The summed E-state index contributed by atoms with van der Waals surface area (Å²) in [6.45, 7) is 0. The second kappa shape index (κ2) is 6.50. The third-order valence-corrected chi connectivity index (χ3v) is 3.17. The van der Waals surface area contributed by atoms with Crippen molar-refractivity contribution in [3.8, 4) is 0 Å². The normalized spacial score (nSPS) is 10.8. The number of hydrogen-bond donors (Lipinski definition) is 1. The van der Waals surface area contributed by atoms with Gasteiger partial charge in [0.25, 0.3) is 5.91 Å². The molecule has 0 aliphatic heterocycles. The molecule has 1 N–H and O–H groups in total. The predicted molar refractivity (Wildman–Crippen MR) is 77.9 cm³/mol. The molecule has 0 bridgehead atoms. The molecule has 6 heteroatoms. The molecule has 0 radical (unpaired) electrons. The second-order valence-electron chi connectivity index (χ2n) is 3.88. The Morgan fingerprint density at radius 1 is 1.10 bits per heavy atom. The van der Waals surface area contributed by atoms with Gasteiger partial charge in [-0.25, -0.2) is 9.82 Å². The van der Waals surface area contributed by atoms with Crippen LogP contribution in [0, 0.1) is 5.82 Å². The van der Waals surface area contributed by atoms with E-state index < -0.39 is 5.91 Å². The van der Waals surface area contributed by atoms with E-state index in [1.807, 2.05) is 0 Å². The number of carbonyl (C=O) groups is 1. The number of nitrogens with zero attached hydrogens (tertiary/aromatic N) is 1. The fourth-order valence-corrected chi connectivity index (χ4v) is 1.71. The average molecular weight is 311 g/mol. The van der Waals surface area contributed by atoms with Crippen LogP contribution >= 0.6 is 23.2 Å². The number of amides is 1. The van der Waals surface area contributed by atoms with Crippen LogP contribution in [-0.2, 0) is 0 Å². The zero-order chi connectivity index (χ0) is 14.5. The minimum atomic E-state index is -0.415. The Hall–Kier alpha value is -1.91. The topological polar surface area (TPSA) is 41.5 Å². The minimum absolute atomic E-state index is 0.293. The molecule has 0 aliphatic carbocycles. The third-order valence-electron chi connectivity index (χ3n) is 2.43. The molecule has 0 aliphatic rings. The highest BCUT2D eigenvalue weighted by atomic mass is 35.5. The van der Waals surface area contributed by atoms with Gasteiger partial charge >= 0.3 is 0 Å². The quantitative estimate of drug-likeness (QED) is 0.678. The number of benzene rings is 2. The maximum atomic E-state index is 12.7. The summed E-state index contributed by atoms with van der Waals surface area (Å²) in [6.07, 6.45) is 1.41. The largest absolute Gasteiger partial charge is 0.271 e. The first-order chi connectivity index (χ1) is 9.56. The molecule has 0 heterocycles. The lowest BCUT2D eigenvalue weighted by molar-refractivity contribution is 0.0955. The lowest BCUT2D eigenvalue weighted by Gasteiger charge is -2.01. The lowest BCUT2D eigenvalue weighted by Crippen LogP contribution is -2.17. The van der Waals surface area contributed by atoms with E-state index in [9.17, 15) is 9.18 Å². The molecule has 0 atom stereocenters. The number of hydrogen-bond acceptors (Lipinski definition) is 2. The van der Waals surface area contributed by atoms with Crippen molar-refractivity contribution in [3.63, 3.8) is 0 Å². The number of nitrogens with one attached hydrogen (secondary N) is 1. The zero-order valence-electron chi connectivity index (χ0n) is 10.1. The lowest BCUT2D eigenvalue weighted by atomic mass is 10.2. The summed E-state index contributed by atoms with van der Waals surface area (Å²) in [5, 5.41) is 4.44. The highest BCUT2D eigenvalue weighted by Crippen LogP contribution is 2.22. The maximum absolute atomic E-state index is 12.7. The van der Waals surface area contributed by atoms with Crippen molar-refractivity contribution in [3.05, 3.63) is 69.5 Å². The van der Waals surface area contributed by atoms with Gasteiger partial charge in [0.1, 0.15) is 5.82 Å². The molecule has 2 aromatic carbocycles. The van der Waals surface area contributed by atoms with Crippen molar-refractivity contribution >= 4 is 35.3 Å². The van der Waals surface area contributed by atoms with E-state index >= 15 is 0 Å². The Labute approximate surface area is 125 Å². The number of hydrazone groups is 1. The van der Waals surface area contributed by atoms with Gasteiger partial charge in [0.2, 0.25) is 0 Å². The van der Waals surface area contributed by atoms with Gasteiger partial charge in [-0.15, -0.1) is 0 Å². The van der Waals surface area contributed by atoms with Crippen LogP contribution in [0.15, 0.2) is 47.6 Å². The van der Waals surface area contributed by atoms with E-state index in [-0.39, 0.29) is 5.82 Å². The van der Waals surface area contributed by atoms with Gasteiger partial charge in [-0.05, 0) is 35.9 Å². The first-order valence-corrected chi connectivity index (χ1v) is 6.36. The first kappa shape index (κ1) is 14.5. The van der Waals surface area contributed by atoms with Gasteiger partial charge in [0.15, 0.2) is 0 Å². The molecule has 0 spiro atoms. The van der Waals surface area contributed by atoms with Crippen molar-refractivity contribution in [2.45, 2.75) is 0 Å². The van der Waals surface area contributed by atoms with Gasteiger partial charge < -0.3 is 0 Å². The fourth-order valence-electron chi connectivity index (χ4n) is 1.42. The summed E-state index contributed by atoms with van der Waals surface area (Å²) in [6, 6.07) is 10.2. The van der Waals surface area contributed by atoms with E-state index in [1.54, 1.807) is 12.1 Å². The van der Waals surface area contributed by atoms with Crippen LogP contribution in [-0.4, -0.2) is 12.1 Å². The van der Waals surface area contributed by atoms with Crippen LogP contribution in [0.1, 0.15) is 15.9 Å². The van der Waals surface area contributed by atoms with Crippen molar-refractivity contribution in [2.75, 3.05) is 0 Å². The van der Waals surface area contributed by atoms with E-state index in [0.29, 0.717) is 21.2 Å². The van der Waals surface area contributed by atoms with Crippen LogP contribution in [0.25, 0.3) is 0 Å². The molecule has 0 aromatic heterocycles. The molecule has 0 fully saturated rings. The van der Waals surface area contributed by atoms with Gasteiger partial charge in [-0.1, -0.05) is 35.3 Å². The molecule has 0 unspecified atom stereocenters. The highest BCUT2D eigenvalue weighted by Gasteiger charge is 2.06. The fraction of sp³-hybridized carbons (Fsp3) is 0. The molecule has 102 valence electrons. The molecule has 0 saturated heterocycles. The number of halogens is 3. The first-order valence-electron chi connectivity index (χ1n) is 5.60. The Morgan fingerprint density at radius 2 is 1.80 bits per heavy atom. The van der Waals surface area contributed by atoms with Crippen LogP contribution in [0.2, 0.25) is 10.0 Å². The molecule has 0 saturated carbocycles. The third kappa shape index (κ3) is 3.79. The van der Waals surface area contributed by atoms with Crippen molar-refractivity contribution in [1.29, 1.82) is 0 Å². The van der Waals surface area contributed by atoms with E-state index in [2.05, 4.69) is 10.5 Å². The summed E-state index contributed by atoms with van der Waals surface area (Å²) in [5.41, 5.74) is 3.35. The molecular weight excluding hydrogens is 302 g/mol. The predicted octanol–water partition coefficient (Wildman–Crippen LogP) is 3.90. The van der Waals surface area contributed by atoms with Crippen LogP contribution < -0.4 is 5.43 Å². The Bertz CT molecular complexity index is 657. The van der Waals surface area contributed by atoms with E-state index in [1.165, 1.54) is 36.5 Å². The molecule has 2 rings (SSSR count). The van der Waals surface area contributed by atoms with Gasteiger partial charge in [0, 0.05) is 5.56 Å². The molecule has 3 nitrogen and oxygen atoms in total. The van der Waals surface area contributed by atoms with Crippen molar-refractivity contribution in [1.82, 2.24) is 5.43 Å². The highest BCUT2D eigenvalue weighted by molar-refractivity contribution is 6.42.